The molecule has 1 aliphatic rings. The summed E-state index contributed by atoms with van der Waals surface area (Å²) >= 11 is 3.41. The van der Waals surface area contributed by atoms with E-state index in [0.29, 0.717) is 0 Å². The molecule has 3 heterocycles. The van der Waals surface area contributed by atoms with Crippen molar-refractivity contribution in [1.29, 1.82) is 0 Å². The van der Waals surface area contributed by atoms with Crippen molar-refractivity contribution in [3.8, 4) is 0 Å². The summed E-state index contributed by atoms with van der Waals surface area (Å²) in [6.45, 7) is 1.91. The number of halogens is 1. The van der Waals surface area contributed by atoms with Crippen molar-refractivity contribution >= 4 is 38.0 Å². The third-order valence-electron chi connectivity index (χ3n) is 3.42. The quantitative estimate of drug-likeness (QED) is 0.672. The highest BCUT2D eigenvalue weighted by atomic mass is 32.1. The molecule has 1 aliphatic heterocycles. The van der Waals surface area contributed by atoms with Crippen molar-refractivity contribution in [3.63, 3.8) is 0 Å². The first-order valence-electron chi connectivity index (χ1n) is 6.16. The minimum atomic E-state index is -0.193. The van der Waals surface area contributed by atoms with E-state index >= 15 is 0 Å². The monoisotopic (exact) mass is 290 g/mol. The minimum absolute atomic E-state index is 0.193. The Hall–Kier alpha value is -1.46. The fourth-order valence-electron chi connectivity index (χ4n) is 2.43. The van der Waals surface area contributed by atoms with Crippen LogP contribution >= 0.6 is 22.7 Å². The Morgan fingerprint density at radius 1 is 1.26 bits per heavy atom. The first kappa shape index (κ1) is 11.4. The number of hydrogen-bond acceptors (Lipinski definition) is 4. The molecule has 0 bridgehead atoms. The van der Waals surface area contributed by atoms with Crippen molar-refractivity contribution in [2.24, 2.45) is 0 Å². The summed E-state index contributed by atoms with van der Waals surface area (Å²) < 4.78 is 14.1. The Morgan fingerprint density at radius 3 is 3.16 bits per heavy atom. The second kappa shape index (κ2) is 4.28. The summed E-state index contributed by atoms with van der Waals surface area (Å²) in [5, 5.41) is 3.15. The smallest absolute Gasteiger partial charge is 0.186 e. The van der Waals surface area contributed by atoms with E-state index in [0.717, 1.165) is 34.9 Å². The number of benzene rings is 1. The van der Waals surface area contributed by atoms with Gasteiger partial charge in [0.25, 0.3) is 0 Å². The van der Waals surface area contributed by atoms with E-state index in [1.54, 1.807) is 23.5 Å². The lowest BCUT2D eigenvalue weighted by Gasteiger charge is -2.26. The van der Waals surface area contributed by atoms with Gasteiger partial charge >= 0.3 is 0 Å². The molecule has 1 aromatic carbocycles. The predicted octanol–water partition coefficient (Wildman–Crippen LogP) is 4.06. The zero-order valence-electron chi connectivity index (χ0n) is 10.1. The molecule has 0 radical (unpaired) electrons. The molecule has 4 rings (SSSR count). The van der Waals surface area contributed by atoms with E-state index in [-0.39, 0.29) is 5.82 Å². The molecule has 0 fully saturated rings. The van der Waals surface area contributed by atoms with Gasteiger partial charge in [-0.05, 0) is 41.6 Å². The summed E-state index contributed by atoms with van der Waals surface area (Å²) in [5.74, 6) is -0.193. The van der Waals surface area contributed by atoms with Gasteiger partial charge in [-0.25, -0.2) is 9.37 Å². The predicted molar refractivity (Wildman–Crippen MR) is 78.7 cm³/mol. The van der Waals surface area contributed by atoms with E-state index in [2.05, 4.69) is 21.3 Å². The molecular formula is C14H11FN2S2. The van der Waals surface area contributed by atoms with E-state index < -0.39 is 0 Å². The van der Waals surface area contributed by atoms with Crippen LogP contribution in [0.1, 0.15) is 10.4 Å². The second-order valence-corrected chi connectivity index (χ2v) is 6.66. The molecule has 96 valence electrons. The van der Waals surface area contributed by atoms with Gasteiger partial charge in [-0.1, -0.05) is 11.3 Å². The normalized spacial score (nSPS) is 14.9. The minimum Gasteiger partial charge on any atom is -0.343 e. The zero-order valence-corrected chi connectivity index (χ0v) is 11.7. The molecular weight excluding hydrogens is 279 g/mol. The van der Waals surface area contributed by atoms with Crippen LogP contribution in [0.2, 0.25) is 0 Å². The van der Waals surface area contributed by atoms with Crippen molar-refractivity contribution in [3.05, 3.63) is 45.9 Å². The maximum Gasteiger partial charge on any atom is 0.186 e. The molecule has 2 aromatic heterocycles. The fraction of sp³-hybridized carbons (Fsp3) is 0.214. The Morgan fingerprint density at radius 2 is 2.21 bits per heavy atom. The lowest BCUT2D eigenvalue weighted by atomic mass is 10.1. The highest BCUT2D eigenvalue weighted by molar-refractivity contribution is 7.22. The van der Waals surface area contributed by atoms with E-state index in [9.17, 15) is 4.39 Å². The van der Waals surface area contributed by atoms with Crippen molar-refractivity contribution in [1.82, 2.24) is 4.98 Å². The van der Waals surface area contributed by atoms with Crippen molar-refractivity contribution in [2.75, 3.05) is 11.4 Å². The molecule has 5 heteroatoms. The van der Waals surface area contributed by atoms with Crippen molar-refractivity contribution in [2.45, 2.75) is 13.0 Å². The third kappa shape index (κ3) is 1.93. The molecule has 0 spiro atoms. The van der Waals surface area contributed by atoms with Crippen LogP contribution in [-0.4, -0.2) is 11.5 Å². The van der Waals surface area contributed by atoms with Crippen LogP contribution in [0.4, 0.5) is 9.52 Å². The van der Waals surface area contributed by atoms with Crippen LogP contribution in [0.3, 0.4) is 0 Å². The van der Waals surface area contributed by atoms with Crippen LogP contribution in [0.5, 0.6) is 0 Å². The van der Waals surface area contributed by atoms with E-state index in [4.69, 9.17) is 0 Å². The van der Waals surface area contributed by atoms with Gasteiger partial charge in [-0.2, -0.15) is 0 Å². The van der Waals surface area contributed by atoms with Gasteiger partial charge in [0.2, 0.25) is 0 Å². The van der Waals surface area contributed by atoms with Gasteiger partial charge in [0.1, 0.15) is 5.82 Å². The molecule has 0 saturated heterocycles. The van der Waals surface area contributed by atoms with Crippen LogP contribution in [0.15, 0.2) is 29.6 Å². The molecule has 0 atom stereocenters. The fourth-order valence-corrected chi connectivity index (χ4v) is 4.34. The summed E-state index contributed by atoms with van der Waals surface area (Å²) in [7, 11) is 0. The number of hydrogen-bond donors (Lipinski definition) is 0. The number of thiophene rings is 1. The third-order valence-corrected chi connectivity index (χ3v) is 5.52. The van der Waals surface area contributed by atoms with Crippen LogP contribution in [0, 0.1) is 5.82 Å². The van der Waals surface area contributed by atoms with Gasteiger partial charge in [-0.3, -0.25) is 0 Å². The highest BCUT2D eigenvalue weighted by Crippen LogP contribution is 2.33. The lowest BCUT2D eigenvalue weighted by molar-refractivity contribution is 0.630. The van der Waals surface area contributed by atoms with E-state index in [1.807, 2.05) is 11.3 Å². The number of anilines is 1. The van der Waals surface area contributed by atoms with E-state index in [1.165, 1.54) is 16.5 Å². The standard InChI is InChI=1S/C14H11FN2S2/c15-10-1-2-11-13(7-10)19-14(16-11)17-5-3-12-9(8-17)4-6-18-12/h1-2,4,6-7H,3,5,8H2. The van der Waals surface area contributed by atoms with Crippen molar-refractivity contribution < 1.29 is 4.39 Å². The summed E-state index contributed by atoms with van der Waals surface area (Å²) in [6, 6.07) is 6.99. The average Bonchev–Trinajstić information content (AvgIpc) is 3.02. The molecule has 0 N–H and O–H groups in total. The van der Waals surface area contributed by atoms with Gasteiger partial charge in [0, 0.05) is 18.0 Å². The van der Waals surface area contributed by atoms with Gasteiger partial charge in [-0.15, -0.1) is 11.3 Å². The molecule has 0 unspecified atom stereocenters. The number of nitrogens with zero attached hydrogens (tertiary/aromatic N) is 2. The maximum absolute atomic E-state index is 13.2. The van der Waals surface area contributed by atoms with Crippen LogP contribution < -0.4 is 4.90 Å². The maximum atomic E-state index is 13.2. The molecule has 0 saturated carbocycles. The Bertz CT molecular complexity index is 747. The van der Waals surface area contributed by atoms with Crippen LogP contribution in [0.25, 0.3) is 10.2 Å². The number of thiazole rings is 1. The number of aromatic nitrogens is 1. The lowest BCUT2D eigenvalue weighted by Crippen LogP contribution is -2.29. The Kier molecular flexibility index (Phi) is 2.56. The molecule has 3 aromatic rings. The largest absolute Gasteiger partial charge is 0.343 e. The summed E-state index contributed by atoms with van der Waals surface area (Å²) in [4.78, 5) is 8.39. The Balaban J connectivity index is 1.71. The summed E-state index contributed by atoms with van der Waals surface area (Å²) in [6.07, 6.45) is 1.08. The molecule has 0 aliphatic carbocycles. The first-order chi connectivity index (χ1) is 9.29. The number of rotatable bonds is 1. The number of fused-ring (bicyclic) bond motifs is 2. The first-order valence-corrected chi connectivity index (χ1v) is 7.85. The zero-order chi connectivity index (χ0) is 12.8. The summed E-state index contributed by atoms with van der Waals surface area (Å²) in [5.41, 5.74) is 2.29. The highest BCUT2D eigenvalue weighted by Gasteiger charge is 2.20. The van der Waals surface area contributed by atoms with Gasteiger partial charge < -0.3 is 4.90 Å². The van der Waals surface area contributed by atoms with Gasteiger partial charge in [0.05, 0.1) is 10.2 Å². The topological polar surface area (TPSA) is 16.1 Å². The molecule has 2 nitrogen and oxygen atoms in total. The van der Waals surface area contributed by atoms with Crippen LogP contribution in [-0.2, 0) is 13.0 Å². The molecule has 0 amide bonds. The average molecular weight is 290 g/mol. The molecule has 19 heavy (non-hydrogen) atoms. The second-order valence-electron chi connectivity index (χ2n) is 4.65. The van der Waals surface area contributed by atoms with Gasteiger partial charge in [0.15, 0.2) is 5.13 Å². The Labute approximate surface area is 118 Å². The SMILES string of the molecule is Fc1ccc2nc(N3CCc4sccc4C3)sc2c1.